The van der Waals surface area contributed by atoms with Crippen molar-refractivity contribution >= 4 is 0 Å². The van der Waals surface area contributed by atoms with Crippen molar-refractivity contribution in [2.75, 3.05) is 0 Å². The van der Waals surface area contributed by atoms with Crippen LogP contribution in [0.5, 0.6) is 11.5 Å². The summed E-state index contributed by atoms with van der Waals surface area (Å²) in [5, 5.41) is 8.99. The molecule has 1 N–H and O–H groups in total. The third kappa shape index (κ3) is 3.04. The first-order chi connectivity index (χ1) is 8.31. The number of hydrogen-bond donors (Lipinski definition) is 1. The monoisotopic (exact) mass is 229 g/mol. The third-order valence-electron chi connectivity index (χ3n) is 2.49. The Morgan fingerprint density at radius 2 is 2.00 bits per heavy atom. The van der Waals surface area contributed by atoms with Gasteiger partial charge in [0.15, 0.2) is 0 Å². The lowest BCUT2D eigenvalue weighted by molar-refractivity contribution is 0.276. The summed E-state index contributed by atoms with van der Waals surface area (Å²) < 4.78 is 5.71. The molecule has 0 unspecified atom stereocenters. The average molecular weight is 229 g/mol. The number of pyridine rings is 1. The highest BCUT2D eigenvalue weighted by Gasteiger charge is 2.00. The number of aromatic nitrogens is 1. The number of rotatable bonds is 4. The fraction of sp³-hybridized carbons (Fsp3) is 0.214. The van der Waals surface area contributed by atoms with Gasteiger partial charge in [-0.1, -0.05) is 19.1 Å². The van der Waals surface area contributed by atoms with Crippen LogP contribution in [0.15, 0.2) is 42.6 Å². The van der Waals surface area contributed by atoms with E-state index in [0.717, 1.165) is 12.2 Å². The van der Waals surface area contributed by atoms with Gasteiger partial charge in [-0.15, -0.1) is 0 Å². The Labute approximate surface area is 101 Å². The van der Waals surface area contributed by atoms with Gasteiger partial charge in [-0.3, -0.25) is 4.98 Å². The number of aliphatic hydroxyl groups is 1. The van der Waals surface area contributed by atoms with Crippen LogP contribution in [0.25, 0.3) is 0 Å². The Morgan fingerprint density at radius 3 is 2.76 bits per heavy atom. The van der Waals surface area contributed by atoms with Gasteiger partial charge >= 0.3 is 0 Å². The summed E-state index contributed by atoms with van der Waals surface area (Å²) in [6, 6.07) is 11.5. The van der Waals surface area contributed by atoms with Gasteiger partial charge in [0.1, 0.15) is 11.5 Å². The molecule has 17 heavy (non-hydrogen) atoms. The predicted molar refractivity (Wildman–Crippen MR) is 66.1 cm³/mol. The van der Waals surface area contributed by atoms with Crippen LogP contribution < -0.4 is 4.74 Å². The molecule has 1 aromatic carbocycles. The van der Waals surface area contributed by atoms with Crippen LogP contribution >= 0.6 is 0 Å². The zero-order valence-corrected chi connectivity index (χ0v) is 9.76. The van der Waals surface area contributed by atoms with E-state index >= 15 is 0 Å². The second-order valence-electron chi connectivity index (χ2n) is 3.74. The van der Waals surface area contributed by atoms with E-state index in [1.807, 2.05) is 18.2 Å². The Hall–Kier alpha value is -1.87. The minimum absolute atomic E-state index is 0.0772. The molecule has 2 aromatic rings. The second kappa shape index (κ2) is 5.46. The van der Waals surface area contributed by atoms with Crippen molar-refractivity contribution in [2.24, 2.45) is 0 Å². The predicted octanol–water partition coefficient (Wildman–Crippen LogP) is 2.93. The standard InChI is InChI=1S/C14H15NO2/c1-2-11-4-3-5-13(8-11)17-14-6-7-15-12(9-14)10-16/h3-9,16H,2,10H2,1H3. The topological polar surface area (TPSA) is 42.4 Å². The fourth-order valence-corrected chi connectivity index (χ4v) is 1.57. The van der Waals surface area contributed by atoms with Gasteiger partial charge < -0.3 is 9.84 Å². The van der Waals surface area contributed by atoms with Crippen molar-refractivity contribution in [1.82, 2.24) is 4.98 Å². The van der Waals surface area contributed by atoms with Crippen molar-refractivity contribution in [2.45, 2.75) is 20.0 Å². The Bertz CT molecular complexity index is 452. The molecule has 0 radical (unpaired) electrons. The van der Waals surface area contributed by atoms with Crippen LogP contribution in [0.1, 0.15) is 18.2 Å². The molecule has 0 aliphatic carbocycles. The van der Waals surface area contributed by atoms with Gasteiger partial charge in [0, 0.05) is 12.3 Å². The maximum Gasteiger partial charge on any atom is 0.130 e. The van der Waals surface area contributed by atoms with E-state index in [0.29, 0.717) is 11.4 Å². The molecular formula is C14H15NO2. The van der Waals surface area contributed by atoms with Crippen LogP contribution in [0, 0.1) is 0 Å². The van der Waals surface area contributed by atoms with Crippen LogP contribution in [0.3, 0.4) is 0 Å². The number of aliphatic hydroxyl groups excluding tert-OH is 1. The van der Waals surface area contributed by atoms with Crippen molar-refractivity contribution in [3.63, 3.8) is 0 Å². The number of benzene rings is 1. The zero-order valence-electron chi connectivity index (χ0n) is 9.76. The first kappa shape index (κ1) is 11.6. The van der Waals surface area contributed by atoms with E-state index < -0.39 is 0 Å². The number of ether oxygens (including phenoxy) is 1. The summed E-state index contributed by atoms with van der Waals surface area (Å²) in [6.45, 7) is 2.03. The molecule has 0 fully saturated rings. The summed E-state index contributed by atoms with van der Waals surface area (Å²) in [6.07, 6.45) is 2.61. The van der Waals surface area contributed by atoms with E-state index in [1.165, 1.54) is 5.56 Å². The maximum absolute atomic E-state index is 8.99. The maximum atomic E-state index is 8.99. The van der Waals surface area contributed by atoms with Crippen molar-refractivity contribution in [1.29, 1.82) is 0 Å². The van der Waals surface area contributed by atoms with Gasteiger partial charge in [-0.2, -0.15) is 0 Å². The molecule has 88 valence electrons. The van der Waals surface area contributed by atoms with Gasteiger partial charge in [-0.25, -0.2) is 0 Å². The lowest BCUT2D eigenvalue weighted by Gasteiger charge is -2.07. The molecule has 1 heterocycles. The van der Waals surface area contributed by atoms with Gasteiger partial charge in [0.2, 0.25) is 0 Å². The SMILES string of the molecule is CCc1cccc(Oc2ccnc(CO)c2)c1. The first-order valence-electron chi connectivity index (χ1n) is 5.64. The highest BCUT2D eigenvalue weighted by Crippen LogP contribution is 2.22. The molecule has 0 atom stereocenters. The van der Waals surface area contributed by atoms with Crippen LogP contribution in [0.4, 0.5) is 0 Å². The van der Waals surface area contributed by atoms with Crippen LogP contribution in [-0.2, 0) is 13.0 Å². The van der Waals surface area contributed by atoms with Crippen molar-refractivity contribution < 1.29 is 9.84 Å². The van der Waals surface area contributed by atoms with E-state index in [1.54, 1.807) is 18.3 Å². The summed E-state index contributed by atoms with van der Waals surface area (Å²) >= 11 is 0. The Kier molecular flexibility index (Phi) is 3.73. The largest absolute Gasteiger partial charge is 0.457 e. The Morgan fingerprint density at radius 1 is 1.18 bits per heavy atom. The fourth-order valence-electron chi connectivity index (χ4n) is 1.57. The minimum atomic E-state index is -0.0772. The second-order valence-corrected chi connectivity index (χ2v) is 3.74. The number of hydrogen-bond acceptors (Lipinski definition) is 3. The smallest absolute Gasteiger partial charge is 0.130 e. The van der Waals surface area contributed by atoms with Gasteiger partial charge in [0.25, 0.3) is 0 Å². The highest BCUT2D eigenvalue weighted by atomic mass is 16.5. The lowest BCUT2D eigenvalue weighted by atomic mass is 10.2. The molecule has 0 amide bonds. The molecular weight excluding hydrogens is 214 g/mol. The summed E-state index contributed by atoms with van der Waals surface area (Å²) in [4.78, 5) is 4.00. The van der Waals surface area contributed by atoms with E-state index in [4.69, 9.17) is 9.84 Å². The summed E-state index contributed by atoms with van der Waals surface area (Å²) in [5.74, 6) is 1.50. The molecule has 0 aliphatic rings. The zero-order chi connectivity index (χ0) is 12.1. The molecule has 0 saturated carbocycles. The highest BCUT2D eigenvalue weighted by molar-refractivity contribution is 5.34. The molecule has 0 bridgehead atoms. The summed E-state index contributed by atoms with van der Waals surface area (Å²) in [5.41, 5.74) is 1.84. The van der Waals surface area contributed by atoms with Crippen molar-refractivity contribution in [3.8, 4) is 11.5 Å². The molecule has 1 aromatic heterocycles. The molecule has 3 heteroatoms. The minimum Gasteiger partial charge on any atom is -0.457 e. The lowest BCUT2D eigenvalue weighted by Crippen LogP contribution is -1.91. The van der Waals surface area contributed by atoms with Crippen LogP contribution in [0.2, 0.25) is 0 Å². The third-order valence-corrected chi connectivity index (χ3v) is 2.49. The number of aryl methyl sites for hydroxylation is 1. The van der Waals surface area contributed by atoms with Crippen LogP contribution in [-0.4, -0.2) is 10.1 Å². The van der Waals surface area contributed by atoms with Gasteiger partial charge in [0.05, 0.1) is 12.3 Å². The summed E-state index contributed by atoms with van der Waals surface area (Å²) in [7, 11) is 0. The van der Waals surface area contributed by atoms with E-state index in [9.17, 15) is 0 Å². The molecule has 0 saturated heterocycles. The first-order valence-corrected chi connectivity index (χ1v) is 5.64. The number of nitrogens with zero attached hydrogens (tertiary/aromatic N) is 1. The van der Waals surface area contributed by atoms with E-state index in [2.05, 4.69) is 18.0 Å². The normalized spacial score (nSPS) is 10.2. The van der Waals surface area contributed by atoms with E-state index in [-0.39, 0.29) is 6.61 Å². The molecule has 3 nitrogen and oxygen atoms in total. The average Bonchev–Trinajstić information content (AvgIpc) is 2.39. The Balaban J connectivity index is 2.18. The molecule has 0 aliphatic heterocycles. The quantitative estimate of drug-likeness (QED) is 0.876. The van der Waals surface area contributed by atoms with Crippen molar-refractivity contribution in [3.05, 3.63) is 53.9 Å². The molecule has 2 rings (SSSR count). The molecule has 0 spiro atoms. The van der Waals surface area contributed by atoms with Gasteiger partial charge in [-0.05, 0) is 30.2 Å².